The minimum atomic E-state index is -1.23. The molecule has 0 bridgehead atoms. The number of thiophene rings is 1. The molecule has 0 unspecified atom stereocenters. The van der Waals surface area contributed by atoms with Crippen molar-refractivity contribution < 1.29 is 9.90 Å². The van der Waals surface area contributed by atoms with E-state index in [-0.39, 0.29) is 11.0 Å². The zero-order chi connectivity index (χ0) is 37.9. The van der Waals surface area contributed by atoms with E-state index in [1.807, 2.05) is 18.2 Å². The van der Waals surface area contributed by atoms with E-state index in [4.69, 9.17) is 0 Å². The molecule has 268 valence electrons. The summed E-state index contributed by atoms with van der Waals surface area (Å²) < 4.78 is 0. The van der Waals surface area contributed by atoms with E-state index >= 15 is 0 Å². The number of hydrogen-bond donors (Lipinski definition) is 1. The molecule has 55 heavy (non-hydrogen) atoms. The maximum Gasteiger partial charge on any atom is 0.346 e. The number of rotatable bonds is 11. The largest absolute Gasteiger partial charge is 0.477 e. The topological polar surface area (TPSA) is 67.6 Å². The molecule has 8 rings (SSSR count). The van der Waals surface area contributed by atoms with Gasteiger partial charge in [-0.05, 0) is 132 Å². The molecule has 0 fully saturated rings. The van der Waals surface area contributed by atoms with E-state index in [1.54, 1.807) is 6.07 Å². The summed E-state index contributed by atoms with van der Waals surface area (Å²) in [5.74, 6) is -1.23. The maximum absolute atomic E-state index is 11.4. The molecule has 6 aromatic carbocycles. The van der Waals surface area contributed by atoms with Crippen molar-refractivity contribution in [1.82, 2.24) is 0 Å². The standard InChI is InChI=1S/C49H39N3O2S/c1-3-49(4-2)45-31-40(51(36-14-8-5-9-15-36)37-16-10-6-11-17-37)24-27-43(45)44-28-25-41(32-46(44)49)52(38-18-12-7-13-19-38)39-22-20-34(21-23-39)47-29-26-42(55-47)30-35(33-50)48(53)54/h5-32H,3-4H2,1-2H3,(H,53,54)/b35-30+. The van der Waals surface area contributed by atoms with Crippen molar-refractivity contribution in [1.29, 1.82) is 5.26 Å². The first-order chi connectivity index (χ1) is 26.9. The fourth-order valence-corrected chi connectivity index (χ4v) is 8.99. The maximum atomic E-state index is 11.4. The summed E-state index contributed by atoms with van der Waals surface area (Å²) in [5.41, 5.74) is 12.4. The van der Waals surface area contributed by atoms with Crippen LogP contribution in [0.15, 0.2) is 169 Å². The average Bonchev–Trinajstić information content (AvgIpc) is 3.82. The highest BCUT2D eigenvalue weighted by molar-refractivity contribution is 7.16. The molecule has 0 atom stereocenters. The van der Waals surface area contributed by atoms with Crippen molar-refractivity contribution in [3.8, 4) is 27.6 Å². The average molecular weight is 734 g/mol. The predicted octanol–water partition coefficient (Wildman–Crippen LogP) is 13.4. The third-order valence-corrected chi connectivity index (χ3v) is 11.8. The fraction of sp³-hybridized carbons (Fsp3) is 0.102. The smallest absolute Gasteiger partial charge is 0.346 e. The first-order valence-corrected chi connectivity index (χ1v) is 19.4. The number of aliphatic carboxylic acids is 1. The van der Waals surface area contributed by atoms with Gasteiger partial charge in [0.15, 0.2) is 0 Å². The predicted molar refractivity (Wildman–Crippen MR) is 227 cm³/mol. The lowest BCUT2D eigenvalue weighted by Crippen LogP contribution is -2.24. The number of carboxylic acids is 1. The minimum absolute atomic E-state index is 0.167. The SMILES string of the molecule is CCC1(CC)c2cc(N(c3ccccc3)c3ccccc3)ccc2-c2ccc(N(c3ccccc3)c3ccc(-c4ccc(/C=C(\C#N)C(=O)O)s4)cc3)cc21. The Balaban J connectivity index is 1.19. The number of carboxylic acid groups (broad SMARTS) is 1. The van der Waals surface area contributed by atoms with Crippen LogP contribution >= 0.6 is 11.3 Å². The van der Waals surface area contributed by atoms with E-state index in [0.29, 0.717) is 0 Å². The lowest BCUT2D eigenvalue weighted by atomic mass is 9.73. The van der Waals surface area contributed by atoms with Gasteiger partial charge in [-0.15, -0.1) is 11.3 Å². The van der Waals surface area contributed by atoms with Gasteiger partial charge in [0.05, 0.1) is 0 Å². The van der Waals surface area contributed by atoms with Crippen LogP contribution in [0.1, 0.15) is 42.7 Å². The summed E-state index contributed by atoms with van der Waals surface area (Å²) >= 11 is 1.46. The van der Waals surface area contributed by atoms with Crippen LogP contribution in [0, 0.1) is 11.3 Å². The van der Waals surface area contributed by atoms with E-state index < -0.39 is 5.97 Å². The summed E-state index contributed by atoms with van der Waals surface area (Å²) in [6.45, 7) is 4.63. The molecular formula is C49H39N3O2S. The molecule has 1 heterocycles. The third-order valence-electron chi connectivity index (χ3n) is 10.8. The molecule has 0 radical (unpaired) electrons. The Labute approximate surface area is 326 Å². The number of carbonyl (C=O) groups is 1. The van der Waals surface area contributed by atoms with Crippen molar-refractivity contribution in [3.63, 3.8) is 0 Å². The Morgan fingerprint density at radius 3 is 1.47 bits per heavy atom. The number of hydrogen-bond acceptors (Lipinski definition) is 5. The molecule has 1 N–H and O–H groups in total. The summed E-state index contributed by atoms with van der Waals surface area (Å²) in [6.07, 6.45) is 3.35. The summed E-state index contributed by atoms with van der Waals surface area (Å²) in [6, 6.07) is 59.7. The van der Waals surface area contributed by atoms with Gasteiger partial charge in [-0.2, -0.15) is 5.26 Å². The van der Waals surface area contributed by atoms with Crippen molar-refractivity contribution in [2.24, 2.45) is 0 Å². The van der Waals surface area contributed by atoms with Gasteiger partial charge in [0.25, 0.3) is 0 Å². The van der Waals surface area contributed by atoms with Crippen LogP contribution in [0.3, 0.4) is 0 Å². The second-order valence-electron chi connectivity index (χ2n) is 13.7. The molecule has 7 aromatic rings. The van der Waals surface area contributed by atoms with Gasteiger partial charge >= 0.3 is 5.97 Å². The van der Waals surface area contributed by atoms with E-state index in [9.17, 15) is 15.2 Å². The van der Waals surface area contributed by atoms with E-state index in [1.165, 1.54) is 39.7 Å². The van der Waals surface area contributed by atoms with Gasteiger partial charge in [0.1, 0.15) is 11.6 Å². The summed E-state index contributed by atoms with van der Waals surface area (Å²) in [5, 5.41) is 18.5. The number of benzene rings is 6. The van der Waals surface area contributed by atoms with Gasteiger partial charge in [-0.1, -0.05) is 92.7 Å². The van der Waals surface area contributed by atoms with Crippen molar-refractivity contribution >= 4 is 57.5 Å². The fourth-order valence-electron chi connectivity index (χ4n) is 8.03. The van der Waals surface area contributed by atoms with Crippen LogP contribution in [0.4, 0.5) is 34.1 Å². The first kappa shape index (κ1) is 35.4. The third kappa shape index (κ3) is 6.50. The number of nitrogens with zero attached hydrogens (tertiary/aromatic N) is 3. The molecule has 1 aliphatic rings. The highest BCUT2D eigenvalue weighted by atomic mass is 32.1. The van der Waals surface area contributed by atoms with Crippen molar-refractivity contribution in [2.75, 3.05) is 9.80 Å². The van der Waals surface area contributed by atoms with Gasteiger partial charge in [-0.3, -0.25) is 0 Å². The molecule has 0 aliphatic heterocycles. The first-order valence-electron chi connectivity index (χ1n) is 18.5. The highest BCUT2D eigenvalue weighted by Gasteiger charge is 2.41. The van der Waals surface area contributed by atoms with Crippen LogP contribution < -0.4 is 9.80 Å². The van der Waals surface area contributed by atoms with Crippen LogP contribution in [0.5, 0.6) is 0 Å². The van der Waals surface area contributed by atoms with Gasteiger partial charge in [0, 0.05) is 49.3 Å². The lowest BCUT2D eigenvalue weighted by Gasteiger charge is -2.33. The van der Waals surface area contributed by atoms with E-state index in [2.05, 4.69) is 169 Å². The molecule has 6 heteroatoms. The highest BCUT2D eigenvalue weighted by Crippen LogP contribution is 2.55. The van der Waals surface area contributed by atoms with Gasteiger partial charge < -0.3 is 14.9 Å². The van der Waals surface area contributed by atoms with Crippen LogP contribution in [0.2, 0.25) is 0 Å². The Bertz CT molecular complexity index is 2510. The second-order valence-corrected chi connectivity index (χ2v) is 14.8. The zero-order valence-electron chi connectivity index (χ0n) is 30.7. The Kier molecular flexibility index (Phi) is 9.63. The number of nitriles is 1. The minimum Gasteiger partial charge on any atom is -0.477 e. The molecule has 0 saturated carbocycles. The normalized spacial score (nSPS) is 12.7. The molecule has 0 saturated heterocycles. The molecule has 1 aliphatic carbocycles. The van der Waals surface area contributed by atoms with Crippen molar-refractivity contribution in [3.05, 3.63) is 185 Å². The number of para-hydroxylation sites is 3. The van der Waals surface area contributed by atoms with E-state index in [0.717, 1.165) is 62.3 Å². The quantitative estimate of drug-likeness (QED) is 0.106. The second kappa shape index (κ2) is 15.0. The zero-order valence-corrected chi connectivity index (χ0v) is 31.5. The summed E-state index contributed by atoms with van der Waals surface area (Å²) in [7, 11) is 0. The summed E-state index contributed by atoms with van der Waals surface area (Å²) in [4.78, 5) is 17.8. The Hall–Kier alpha value is -6.68. The van der Waals surface area contributed by atoms with Gasteiger partial charge in [0.2, 0.25) is 0 Å². The lowest BCUT2D eigenvalue weighted by molar-refractivity contribution is -0.132. The van der Waals surface area contributed by atoms with Crippen molar-refractivity contribution in [2.45, 2.75) is 32.1 Å². The van der Waals surface area contributed by atoms with Gasteiger partial charge in [-0.25, -0.2) is 4.79 Å². The Morgan fingerprint density at radius 2 is 1.05 bits per heavy atom. The molecule has 0 spiro atoms. The number of fused-ring (bicyclic) bond motifs is 3. The molecule has 1 aromatic heterocycles. The van der Waals surface area contributed by atoms with Crippen LogP contribution in [-0.4, -0.2) is 11.1 Å². The molecular weight excluding hydrogens is 695 g/mol. The Morgan fingerprint density at radius 1 is 0.618 bits per heavy atom. The molecule has 0 amide bonds. The monoisotopic (exact) mass is 733 g/mol. The van der Waals surface area contributed by atoms with Crippen LogP contribution in [-0.2, 0) is 10.2 Å². The van der Waals surface area contributed by atoms with Crippen LogP contribution in [0.25, 0.3) is 27.6 Å². The molecule has 5 nitrogen and oxygen atoms in total. The number of anilines is 6.